The van der Waals surface area contributed by atoms with Crippen molar-refractivity contribution >= 4 is 5.97 Å². The molecule has 0 amide bonds. The summed E-state index contributed by atoms with van der Waals surface area (Å²) in [5, 5.41) is 8.76. The second kappa shape index (κ2) is 4.06. The molecule has 0 unspecified atom stereocenters. The highest BCUT2D eigenvalue weighted by molar-refractivity contribution is 5.75. The second-order valence-electron chi connectivity index (χ2n) is 4.18. The van der Waals surface area contributed by atoms with Crippen LogP contribution in [-0.4, -0.2) is 23.4 Å². The first-order valence-electron chi connectivity index (χ1n) is 4.88. The number of rotatable bonds is 2. The third-order valence-electron chi connectivity index (χ3n) is 3.13. The fourth-order valence-electron chi connectivity index (χ4n) is 2.44. The predicted octanol–water partition coefficient (Wildman–Crippen LogP) is 3.37. The standard InChI is InChI=1S/C9H10F6O2/c10-8(11,12)5(9(13,14)15)7(6(16)17)3-1-2-4-7/h5H,1-4H2,(H,16,17). The minimum absolute atomic E-state index is 0.0644. The van der Waals surface area contributed by atoms with Gasteiger partial charge in [-0.15, -0.1) is 0 Å². The highest BCUT2D eigenvalue weighted by atomic mass is 19.4. The maximum absolute atomic E-state index is 12.5. The lowest BCUT2D eigenvalue weighted by Gasteiger charge is -2.35. The van der Waals surface area contributed by atoms with Gasteiger partial charge in [0.05, 0.1) is 5.41 Å². The van der Waals surface area contributed by atoms with Crippen LogP contribution in [0.1, 0.15) is 25.7 Å². The van der Waals surface area contributed by atoms with E-state index in [-0.39, 0.29) is 12.8 Å². The van der Waals surface area contributed by atoms with Gasteiger partial charge in [-0.3, -0.25) is 4.79 Å². The molecule has 0 heterocycles. The molecule has 0 saturated heterocycles. The third kappa shape index (κ3) is 2.50. The molecule has 1 saturated carbocycles. The predicted molar refractivity (Wildman–Crippen MR) is 44.1 cm³/mol. The van der Waals surface area contributed by atoms with E-state index in [1.54, 1.807) is 0 Å². The zero-order chi connectivity index (χ0) is 13.5. The van der Waals surface area contributed by atoms with Crippen LogP contribution in [0.5, 0.6) is 0 Å². The molecule has 17 heavy (non-hydrogen) atoms. The molecule has 0 bridgehead atoms. The topological polar surface area (TPSA) is 37.3 Å². The van der Waals surface area contributed by atoms with Crippen LogP contribution in [0.15, 0.2) is 0 Å². The molecule has 8 heteroatoms. The summed E-state index contributed by atoms with van der Waals surface area (Å²) >= 11 is 0. The highest BCUT2D eigenvalue weighted by Crippen LogP contribution is 2.56. The van der Waals surface area contributed by atoms with E-state index in [2.05, 4.69) is 0 Å². The van der Waals surface area contributed by atoms with Gasteiger partial charge in [0.15, 0.2) is 5.92 Å². The van der Waals surface area contributed by atoms with E-state index in [0.29, 0.717) is 0 Å². The van der Waals surface area contributed by atoms with Gasteiger partial charge in [0.2, 0.25) is 0 Å². The molecular weight excluding hydrogens is 254 g/mol. The first kappa shape index (κ1) is 14.1. The smallest absolute Gasteiger partial charge is 0.401 e. The van der Waals surface area contributed by atoms with Crippen molar-refractivity contribution in [2.45, 2.75) is 38.0 Å². The van der Waals surface area contributed by atoms with Crippen LogP contribution in [0, 0.1) is 11.3 Å². The van der Waals surface area contributed by atoms with Crippen molar-refractivity contribution in [3.63, 3.8) is 0 Å². The Labute approximate surface area is 92.6 Å². The van der Waals surface area contributed by atoms with Crippen molar-refractivity contribution < 1.29 is 36.2 Å². The Morgan fingerprint density at radius 3 is 1.59 bits per heavy atom. The van der Waals surface area contributed by atoms with Gasteiger partial charge in [-0.1, -0.05) is 12.8 Å². The minimum atomic E-state index is -5.60. The summed E-state index contributed by atoms with van der Waals surface area (Å²) in [4.78, 5) is 10.9. The van der Waals surface area contributed by atoms with E-state index in [4.69, 9.17) is 5.11 Å². The molecule has 1 rings (SSSR count). The minimum Gasteiger partial charge on any atom is -0.481 e. The van der Waals surface area contributed by atoms with Crippen LogP contribution in [0.3, 0.4) is 0 Å². The number of aliphatic carboxylic acids is 1. The Morgan fingerprint density at radius 2 is 1.35 bits per heavy atom. The fraction of sp³-hybridized carbons (Fsp3) is 0.889. The van der Waals surface area contributed by atoms with Crippen molar-refractivity contribution in [3.8, 4) is 0 Å². The Hall–Kier alpha value is -0.950. The molecule has 0 aromatic heterocycles. The van der Waals surface area contributed by atoms with Crippen LogP contribution in [0.4, 0.5) is 26.3 Å². The van der Waals surface area contributed by atoms with Crippen LogP contribution in [0.25, 0.3) is 0 Å². The molecule has 0 atom stereocenters. The molecule has 1 fully saturated rings. The summed E-state index contributed by atoms with van der Waals surface area (Å²) in [7, 11) is 0. The zero-order valence-electron chi connectivity index (χ0n) is 8.53. The van der Waals surface area contributed by atoms with Crippen molar-refractivity contribution in [2.24, 2.45) is 11.3 Å². The average Bonchev–Trinajstić information content (AvgIpc) is 2.48. The van der Waals surface area contributed by atoms with Gasteiger partial charge in [-0.25, -0.2) is 0 Å². The van der Waals surface area contributed by atoms with E-state index in [1.165, 1.54) is 0 Å². The van der Waals surface area contributed by atoms with Gasteiger partial charge < -0.3 is 5.11 Å². The van der Waals surface area contributed by atoms with E-state index >= 15 is 0 Å². The molecule has 0 aromatic rings. The van der Waals surface area contributed by atoms with Crippen molar-refractivity contribution in [1.82, 2.24) is 0 Å². The number of carboxylic acids is 1. The Bertz CT molecular complexity index is 286. The molecule has 0 aliphatic heterocycles. The van der Waals surface area contributed by atoms with Gasteiger partial charge in [0.1, 0.15) is 0 Å². The zero-order valence-corrected chi connectivity index (χ0v) is 8.53. The molecule has 0 radical (unpaired) electrons. The van der Waals surface area contributed by atoms with Gasteiger partial charge in [0, 0.05) is 0 Å². The Morgan fingerprint density at radius 1 is 1.00 bits per heavy atom. The molecular formula is C9H10F6O2. The first-order chi connectivity index (χ1) is 7.52. The van der Waals surface area contributed by atoms with Gasteiger partial charge in [0.25, 0.3) is 0 Å². The van der Waals surface area contributed by atoms with Crippen molar-refractivity contribution in [1.29, 1.82) is 0 Å². The van der Waals surface area contributed by atoms with Crippen molar-refractivity contribution in [2.75, 3.05) is 0 Å². The summed E-state index contributed by atoms with van der Waals surface area (Å²) < 4.78 is 74.9. The number of hydrogen-bond donors (Lipinski definition) is 1. The molecule has 1 aliphatic rings. The molecule has 100 valence electrons. The Balaban J connectivity index is 3.25. The van der Waals surface area contributed by atoms with Gasteiger partial charge in [-0.2, -0.15) is 26.3 Å². The molecule has 2 nitrogen and oxygen atoms in total. The van der Waals surface area contributed by atoms with Crippen LogP contribution in [-0.2, 0) is 4.79 Å². The van der Waals surface area contributed by atoms with Crippen LogP contribution >= 0.6 is 0 Å². The SMILES string of the molecule is O=C(O)C1(C(C(F)(F)F)C(F)(F)F)CCCC1. The molecule has 0 spiro atoms. The lowest BCUT2D eigenvalue weighted by molar-refractivity contribution is -0.313. The number of alkyl halides is 6. The molecule has 1 aliphatic carbocycles. The summed E-state index contributed by atoms with van der Waals surface area (Å²) in [5.41, 5.74) is -2.75. The highest BCUT2D eigenvalue weighted by Gasteiger charge is 2.69. The van der Waals surface area contributed by atoms with E-state index in [0.717, 1.165) is 0 Å². The van der Waals surface area contributed by atoms with Gasteiger partial charge in [-0.05, 0) is 12.8 Å². The first-order valence-corrected chi connectivity index (χ1v) is 4.88. The van der Waals surface area contributed by atoms with E-state index in [9.17, 15) is 31.1 Å². The van der Waals surface area contributed by atoms with Crippen molar-refractivity contribution in [3.05, 3.63) is 0 Å². The number of carboxylic acid groups (broad SMARTS) is 1. The lowest BCUT2D eigenvalue weighted by Crippen LogP contribution is -2.51. The number of hydrogen-bond acceptors (Lipinski definition) is 1. The average molecular weight is 264 g/mol. The monoisotopic (exact) mass is 264 g/mol. The number of halogens is 6. The Kier molecular flexibility index (Phi) is 3.37. The largest absolute Gasteiger partial charge is 0.481 e. The summed E-state index contributed by atoms with van der Waals surface area (Å²) in [6.07, 6.45) is -12.2. The van der Waals surface area contributed by atoms with Gasteiger partial charge >= 0.3 is 18.3 Å². The fourth-order valence-corrected chi connectivity index (χ4v) is 2.44. The van der Waals surface area contributed by atoms with Crippen LogP contribution < -0.4 is 0 Å². The molecule has 1 N–H and O–H groups in total. The van der Waals surface area contributed by atoms with E-state index < -0.39 is 42.5 Å². The van der Waals surface area contributed by atoms with E-state index in [1.807, 2.05) is 0 Å². The summed E-state index contributed by atoms with van der Waals surface area (Å²) in [6.45, 7) is 0. The second-order valence-corrected chi connectivity index (χ2v) is 4.18. The maximum atomic E-state index is 12.5. The number of carbonyl (C=O) groups is 1. The maximum Gasteiger partial charge on any atom is 0.401 e. The molecule has 0 aromatic carbocycles. The summed E-state index contributed by atoms with van der Waals surface area (Å²) in [5.74, 6) is -5.81. The lowest BCUT2D eigenvalue weighted by atomic mass is 9.73. The summed E-state index contributed by atoms with van der Waals surface area (Å²) in [6, 6.07) is 0. The van der Waals surface area contributed by atoms with Crippen LogP contribution in [0.2, 0.25) is 0 Å². The quantitative estimate of drug-likeness (QED) is 0.776. The third-order valence-corrected chi connectivity index (χ3v) is 3.13. The normalized spacial score (nSPS) is 20.9.